The van der Waals surface area contributed by atoms with Gasteiger partial charge in [0.15, 0.2) is 0 Å². The number of primary amides is 1. The van der Waals surface area contributed by atoms with E-state index in [4.69, 9.17) is 10.5 Å². The molecule has 1 aliphatic heterocycles. The highest BCUT2D eigenvalue weighted by Gasteiger charge is 2.30. The van der Waals surface area contributed by atoms with Gasteiger partial charge >= 0.3 is 6.18 Å². The molecule has 3 heterocycles. The van der Waals surface area contributed by atoms with Gasteiger partial charge in [0, 0.05) is 60.3 Å². The molecule has 13 heteroatoms. The molecular weight excluding hydrogens is 611 g/mol. The third-order valence-electron chi connectivity index (χ3n) is 7.85. The zero-order valence-corrected chi connectivity index (χ0v) is 25.6. The number of fused-ring (bicyclic) bond motifs is 1. The van der Waals surface area contributed by atoms with Crippen LogP contribution in [0, 0.1) is 11.3 Å². The first-order chi connectivity index (χ1) is 22.5. The van der Waals surface area contributed by atoms with Crippen molar-refractivity contribution in [3.8, 4) is 23.1 Å². The normalized spacial score (nSPS) is 14.6. The maximum atomic E-state index is 12.8. The van der Waals surface area contributed by atoms with E-state index in [-0.39, 0.29) is 11.6 Å². The molecule has 1 saturated heterocycles. The molecule has 4 N–H and O–H groups in total. The predicted molar refractivity (Wildman–Crippen MR) is 171 cm³/mol. The molecule has 0 bridgehead atoms. The van der Waals surface area contributed by atoms with Crippen LogP contribution in [0.4, 0.5) is 18.9 Å². The van der Waals surface area contributed by atoms with Gasteiger partial charge in [0.2, 0.25) is 0 Å². The second-order valence-electron chi connectivity index (χ2n) is 11.0. The SMILES string of the molecule is COc1ccccc1C(N)=O.Cn1cc(-c2cc3c(N4CCC[C@@H](NC(=O)c5ccc(C(F)(F)F)cc5)C4)ccc(C#N)c3[nH]2)cn1. The number of nitrogens with two attached hydrogens (primary N) is 1. The monoisotopic (exact) mass is 643 g/mol. The number of halogens is 3. The van der Waals surface area contributed by atoms with Gasteiger partial charge in [-0.1, -0.05) is 12.1 Å². The second kappa shape index (κ2) is 13.7. The topological polar surface area (TPSA) is 142 Å². The standard InChI is InChI=1S/C26H23F3N6O.C8H9NO2/c1-34-14-18(13-31-34)22-11-21-23(9-6-17(12-30)24(21)33-22)35-10-2-3-20(15-35)32-25(36)16-4-7-19(8-5-16)26(27,28)29;1-11-7-5-3-2-4-6(7)8(9)10/h4-9,11,13-14,20,33H,2-3,10,15H2,1H3,(H,32,36);2-5H,1H3,(H2,9,10)/t20-;/m1./s1. The number of piperidine rings is 1. The summed E-state index contributed by atoms with van der Waals surface area (Å²) in [6.07, 6.45) is 0.796. The van der Waals surface area contributed by atoms with Crippen molar-refractivity contribution in [3.63, 3.8) is 0 Å². The zero-order valence-electron chi connectivity index (χ0n) is 25.6. The molecule has 0 unspecified atom stereocenters. The number of nitrogens with zero attached hydrogens (tertiary/aromatic N) is 4. The summed E-state index contributed by atoms with van der Waals surface area (Å²) in [6, 6.07) is 18.8. The van der Waals surface area contributed by atoms with Gasteiger partial charge in [0.05, 0.1) is 35.5 Å². The summed E-state index contributed by atoms with van der Waals surface area (Å²) in [7, 11) is 3.34. The van der Waals surface area contributed by atoms with Crippen LogP contribution >= 0.6 is 0 Å². The number of carbonyl (C=O) groups is 2. The molecule has 6 rings (SSSR count). The van der Waals surface area contributed by atoms with Gasteiger partial charge in [-0.3, -0.25) is 14.3 Å². The lowest BCUT2D eigenvalue weighted by molar-refractivity contribution is -0.137. The average molecular weight is 644 g/mol. The Labute approximate surface area is 268 Å². The van der Waals surface area contributed by atoms with Gasteiger partial charge in [-0.25, -0.2) is 0 Å². The lowest BCUT2D eigenvalue weighted by Gasteiger charge is -2.35. The molecule has 5 aromatic rings. The van der Waals surface area contributed by atoms with Gasteiger partial charge in [0.1, 0.15) is 11.8 Å². The van der Waals surface area contributed by atoms with E-state index in [0.717, 1.165) is 59.4 Å². The fourth-order valence-electron chi connectivity index (χ4n) is 5.53. The van der Waals surface area contributed by atoms with Crippen LogP contribution in [0.25, 0.3) is 22.2 Å². The van der Waals surface area contributed by atoms with E-state index < -0.39 is 23.6 Å². The Morgan fingerprint density at radius 1 is 1.13 bits per heavy atom. The smallest absolute Gasteiger partial charge is 0.416 e. The number of hydrogen-bond donors (Lipinski definition) is 3. The van der Waals surface area contributed by atoms with Crippen LogP contribution < -0.4 is 20.7 Å². The summed E-state index contributed by atoms with van der Waals surface area (Å²) in [5, 5.41) is 17.7. The second-order valence-corrected chi connectivity index (χ2v) is 11.0. The lowest BCUT2D eigenvalue weighted by atomic mass is 10.0. The van der Waals surface area contributed by atoms with Crippen molar-refractivity contribution in [2.24, 2.45) is 12.8 Å². The van der Waals surface area contributed by atoms with Crippen LogP contribution in [-0.4, -0.2) is 52.8 Å². The summed E-state index contributed by atoms with van der Waals surface area (Å²) < 4.78 is 45.1. The summed E-state index contributed by atoms with van der Waals surface area (Å²) in [4.78, 5) is 29.0. The van der Waals surface area contributed by atoms with Crippen molar-refractivity contribution in [1.29, 1.82) is 5.26 Å². The molecule has 0 aliphatic carbocycles. The summed E-state index contributed by atoms with van der Waals surface area (Å²) in [5.41, 5.74) is 8.87. The number of nitriles is 1. The zero-order chi connectivity index (χ0) is 33.7. The van der Waals surface area contributed by atoms with Gasteiger partial charge in [0.25, 0.3) is 11.8 Å². The van der Waals surface area contributed by atoms with Gasteiger partial charge in [-0.2, -0.15) is 23.5 Å². The minimum Gasteiger partial charge on any atom is -0.496 e. The van der Waals surface area contributed by atoms with Crippen LogP contribution in [0.15, 0.2) is 79.1 Å². The van der Waals surface area contributed by atoms with Crippen LogP contribution in [0.5, 0.6) is 5.75 Å². The third kappa shape index (κ3) is 7.38. The number of aryl methyl sites for hydroxylation is 1. The number of alkyl halides is 3. The van der Waals surface area contributed by atoms with E-state index in [1.807, 2.05) is 25.4 Å². The van der Waals surface area contributed by atoms with E-state index in [9.17, 15) is 28.0 Å². The predicted octanol–water partition coefficient (Wildman–Crippen LogP) is 5.65. The number of methoxy groups -OCH3 is 1. The number of para-hydroxylation sites is 1. The molecular formula is C34H32F3N7O3. The number of carbonyl (C=O) groups excluding carboxylic acids is 2. The molecule has 0 spiro atoms. The molecule has 242 valence electrons. The Bertz CT molecular complexity index is 1940. The molecule has 2 amide bonds. The number of benzene rings is 3. The van der Waals surface area contributed by atoms with Gasteiger partial charge in [-0.05, 0) is 67.4 Å². The Balaban J connectivity index is 0.000000335. The molecule has 1 aliphatic rings. The largest absolute Gasteiger partial charge is 0.496 e. The van der Waals surface area contributed by atoms with E-state index >= 15 is 0 Å². The average Bonchev–Trinajstić information content (AvgIpc) is 3.71. The van der Waals surface area contributed by atoms with E-state index in [1.165, 1.54) is 19.2 Å². The Hall–Kier alpha value is -5.77. The van der Waals surface area contributed by atoms with Crippen molar-refractivity contribution in [2.45, 2.75) is 25.1 Å². The van der Waals surface area contributed by atoms with Gasteiger partial charge in [-0.15, -0.1) is 0 Å². The summed E-state index contributed by atoms with van der Waals surface area (Å²) in [5.74, 6) is -0.358. The number of anilines is 1. The molecule has 2 aromatic heterocycles. The lowest BCUT2D eigenvalue weighted by Crippen LogP contribution is -2.47. The number of H-pyrrole nitrogens is 1. The number of aromatic nitrogens is 3. The number of aromatic amines is 1. The number of amides is 2. The minimum absolute atomic E-state index is 0.170. The highest BCUT2D eigenvalue weighted by molar-refractivity contribution is 5.99. The first-order valence-corrected chi connectivity index (χ1v) is 14.7. The minimum atomic E-state index is -4.44. The Kier molecular flexibility index (Phi) is 9.51. The van der Waals surface area contributed by atoms with Crippen molar-refractivity contribution in [3.05, 3.63) is 101 Å². The fourth-order valence-corrected chi connectivity index (χ4v) is 5.53. The molecule has 3 aromatic carbocycles. The Morgan fingerprint density at radius 3 is 2.49 bits per heavy atom. The van der Waals surface area contributed by atoms with E-state index in [1.54, 1.807) is 41.2 Å². The number of ether oxygens (including phenoxy) is 1. The summed E-state index contributed by atoms with van der Waals surface area (Å²) in [6.45, 7) is 1.32. The van der Waals surface area contributed by atoms with Crippen LogP contribution in [0.1, 0.15) is 44.7 Å². The number of rotatable bonds is 6. The van der Waals surface area contributed by atoms with Crippen LogP contribution in [-0.2, 0) is 13.2 Å². The van der Waals surface area contributed by atoms with E-state index in [2.05, 4.69) is 26.4 Å². The number of hydrogen-bond acceptors (Lipinski definition) is 6. The molecule has 1 atom stereocenters. The van der Waals surface area contributed by atoms with Crippen molar-refractivity contribution in [2.75, 3.05) is 25.1 Å². The quantitative estimate of drug-likeness (QED) is 0.218. The van der Waals surface area contributed by atoms with E-state index in [0.29, 0.717) is 23.4 Å². The van der Waals surface area contributed by atoms with Gasteiger partial charge < -0.3 is 25.7 Å². The third-order valence-corrected chi connectivity index (χ3v) is 7.85. The van der Waals surface area contributed by atoms with Crippen LogP contribution in [0.2, 0.25) is 0 Å². The number of nitrogens with one attached hydrogen (secondary N) is 2. The van der Waals surface area contributed by atoms with Crippen molar-refractivity contribution >= 4 is 28.4 Å². The molecule has 0 radical (unpaired) electrons. The molecule has 47 heavy (non-hydrogen) atoms. The molecule has 0 saturated carbocycles. The van der Waals surface area contributed by atoms with Crippen molar-refractivity contribution < 1.29 is 27.5 Å². The molecule has 10 nitrogen and oxygen atoms in total. The van der Waals surface area contributed by atoms with Crippen molar-refractivity contribution in [1.82, 2.24) is 20.1 Å². The maximum Gasteiger partial charge on any atom is 0.416 e. The first-order valence-electron chi connectivity index (χ1n) is 14.7. The summed E-state index contributed by atoms with van der Waals surface area (Å²) >= 11 is 0. The highest BCUT2D eigenvalue weighted by atomic mass is 19.4. The van der Waals surface area contributed by atoms with Crippen LogP contribution in [0.3, 0.4) is 0 Å². The Morgan fingerprint density at radius 2 is 1.87 bits per heavy atom. The molecule has 1 fully saturated rings. The first kappa shape index (κ1) is 32.6. The fraction of sp³-hybridized carbons (Fsp3) is 0.235. The maximum absolute atomic E-state index is 12.8. The highest BCUT2D eigenvalue weighted by Crippen LogP contribution is 2.35.